The predicted octanol–water partition coefficient (Wildman–Crippen LogP) is 1.13. The Morgan fingerprint density at radius 2 is 2.50 bits per heavy atom. The molecule has 0 bridgehead atoms. The summed E-state index contributed by atoms with van der Waals surface area (Å²) in [5.74, 6) is 0.956. The van der Waals surface area contributed by atoms with Gasteiger partial charge in [0.25, 0.3) is 0 Å². The summed E-state index contributed by atoms with van der Waals surface area (Å²) in [6.07, 6.45) is 2.66. The molecule has 0 saturated heterocycles. The van der Waals surface area contributed by atoms with Gasteiger partial charge in [0, 0.05) is 18.9 Å². The molecule has 0 aliphatic heterocycles. The lowest BCUT2D eigenvalue weighted by molar-refractivity contribution is -0.117. The van der Waals surface area contributed by atoms with Crippen molar-refractivity contribution in [2.45, 2.75) is 25.8 Å². The van der Waals surface area contributed by atoms with E-state index in [1.165, 1.54) is 0 Å². The van der Waals surface area contributed by atoms with Crippen molar-refractivity contribution >= 4 is 5.78 Å². The average molecular weight is 167 g/mol. The zero-order valence-corrected chi connectivity index (χ0v) is 7.12. The summed E-state index contributed by atoms with van der Waals surface area (Å²) in [4.78, 5) is 10.7. The lowest BCUT2D eigenvalue weighted by atomic mass is 10.1. The van der Waals surface area contributed by atoms with Crippen LogP contribution < -0.4 is 5.73 Å². The van der Waals surface area contributed by atoms with E-state index in [0.717, 1.165) is 5.76 Å². The predicted molar refractivity (Wildman–Crippen MR) is 45.7 cm³/mol. The molecule has 1 heterocycles. The number of carbonyl (C=O) groups excluding carboxylic acids is 1. The molecule has 0 radical (unpaired) electrons. The Hall–Kier alpha value is -1.09. The van der Waals surface area contributed by atoms with E-state index in [1.807, 2.05) is 12.1 Å². The molecule has 3 heteroatoms. The van der Waals surface area contributed by atoms with Crippen LogP contribution in [-0.4, -0.2) is 11.8 Å². The van der Waals surface area contributed by atoms with E-state index < -0.39 is 0 Å². The van der Waals surface area contributed by atoms with Crippen LogP contribution in [0.2, 0.25) is 0 Å². The normalized spacial score (nSPS) is 12.8. The quantitative estimate of drug-likeness (QED) is 0.731. The number of hydrogen-bond donors (Lipinski definition) is 1. The minimum absolute atomic E-state index is 0.117. The summed E-state index contributed by atoms with van der Waals surface area (Å²) in [6, 6.07) is 3.56. The SMILES string of the molecule is CC(=O)C[C@H](N)Cc1ccco1. The Bertz CT molecular complexity index is 241. The van der Waals surface area contributed by atoms with Crippen molar-refractivity contribution in [2.75, 3.05) is 0 Å². The summed E-state index contributed by atoms with van der Waals surface area (Å²) in [5, 5.41) is 0. The molecule has 0 unspecified atom stereocenters. The van der Waals surface area contributed by atoms with Crippen LogP contribution in [0.4, 0.5) is 0 Å². The summed E-state index contributed by atoms with van der Waals surface area (Å²) in [7, 11) is 0. The Labute approximate surface area is 71.6 Å². The van der Waals surface area contributed by atoms with E-state index in [9.17, 15) is 4.79 Å². The van der Waals surface area contributed by atoms with Crippen LogP contribution in [0.5, 0.6) is 0 Å². The van der Waals surface area contributed by atoms with Crippen LogP contribution in [0, 0.1) is 0 Å². The largest absolute Gasteiger partial charge is 0.469 e. The van der Waals surface area contributed by atoms with Crippen molar-refractivity contribution in [3.8, 4) is 0 Å². The molecule has 3 nitrogen and oxygen atoms in total. The van der Waals surface area contributed by atoms with E-state index in [2.05, 4.69) is 0 Å². The molecule has 1 aromatic heterocycles. The molecule has 0 amide bonds. The van der Waals surface area contributed by atoms with Gasteiger partial charge in [0.2, 0.25) is 0 Å². The fourth-order valence-electron chi connectivity index (χ4n) is 1.13. The fraction of sp³-hybridized carbons (Fsp3) is 0.444. The maximum Gasteiger partial charge on any atom is 0.131 e. The third-order valence-corrected chi connectivity index (χ3v) is 1.59. The Morgan fingerprint density at radius 1 is 1.75 bits per heavy atom. The second kappa shape index (κ2) is 4.07. The first kappa shape index (κ1) is 9.00. The standard InChI is InChI=1S/C9H13NO2/c1-7(11)5-8(10)6-9-3-2-4-12-9/h2-4,8H,5-6,10H2,1H3/t8-/m0/s1. The van der Waals surface area contributed by atoms with Gasteiger partial charge in [-0.1, -0.05) is 0 Å². The van der Waals surface area contributed by atoms with Crippen molar-refractivity contribution in [1.82, 2.24) is 0 Å². The molecule has 12 heavy (non-hydrogen) atoms. The summed E-state index contributed by atoms with van der Waals surface area (Å²) in [5.41, 5.74) is 5.68. The molecule has 0 aliphatic carbocycles. The number of furan rings is 1. The molecule has 1 aromatic rings. The van der Waals surface area contributed by atoms with Crippen LogP contribution >= 0.6 is 0 Å². The number of hydrogen-bond acceptors (Lipinski definition) is 3. The monoisotopic (exact) mass is 167 g/mol. The minimum Gasteiger partial charge on any atom is -0.469 e. The fourth-order valence-corrected chi connectivity index (χ4v) is 1.13. The van der Waals surface area contributed by atoms with Crippen molar-refractivity contribution in [1.29, 1.82) is 0 Å². The van der Waals surface area contributed by atoms with Gasteiger partial charge in [-0.3, -0.25) is 4.79 Å². The molecule has 0 fully saturated rings. The van der Waals surface area contributed by atoms with Gasteiger partial charge in [-0.15, -0.1) is 0 Å². The molecular formula is C9H13NO2. The summed E-state index contributed by atoms with van der Waals surface area (Å²) < 4.78 is 5.09. The highest BCUT2D eigenvalue weighted by Gasteiger charge is 2.07. The van der Waals surface area contributed by atoms with Gasteiger partial charge >= 0.3 is 0 Å². The number of ketones is 1. The number of rotatable bonds is 4. The summed E-state index contributed by atoms with van der Waals surface area (Å²) >= 11 is 0. The van der Waals surface area contributed by atoms with E-state index in [4.69, 9.17) is 10.2 Å². The van der Waals surface area contributed by atoms with Gasteiger partial charge in [0.05, 0.1) is 6.26 Å². The first-order valence-electron chi connectivity index (χ1n) is 3.96. The van der Waals surface area contributed by atoms with E-state index in [1.54, 1.807) is 13.2 Å². The smallest absolute Gasteiger partial charge is 0.131 e. The average Bonchev–Trinajstić information content (AvgIpc) is 2.37. The lowest BCUT2D eigenvalue weighted by Gasteiger charge is -2.05. The Morgan fingerprint density at radius 3 is 3.00 bits per heavy atom. The van der Waals surface area contributed by atoms with Crippen molar-refractivity contribution in [2.24, 2.45) is 5.73 Å². The Kier molecular flexibility index (Phi) is 3.05. The van der Waals surface area contributed by atoms with Gasteiger partial charge in [-0.05, 0) is 19.1 Å². The minimum atomic E-state index is -0.117. The van der Waals surface area contributed by atoms with Gasteiger partial charge in [0.15, 0.2) is 0 Å². The molecule has 1 rings (SSSR count). The third-order valence-electron chi connectivity index (χ3n) is 1.59. The molecule has 0 aliphatic rings. The van der Waals surface area contributed by atoms with E-state index >= 15 is 0 Å². The topological polar surface area (TPSA) is 56.2 Å². The van der Waals surface area contributed by atoms with Crippen molar-refractivity contribution in [3.63, 3.8) is 0 Å². The highest BCUT2D eigenvalue weighted by Crippen LogP contribution is 2.04. The Balaban J connectivity index is 2.36. The molecule has 0 saturated carbocycles. The zero-order valence-electron chi connectivity index (χ0n) is 7.12. The molecular weight excluding hydrogens is 154 g/mol. The molecule has 2 N–H and O–H groups in total. The lowest BCUT2D eigenvalue weighted by Crippen LogP contribution is -2.25. The highest BCUT2D eigenvalue weighted by atomic mass is 16.3. The second-order valence-electron chi connectivity index (χ2n) is 2.95. The van der Waals surface area contributed by atoms with Crippen molar-refractivity contribution in [3.05, 3.63) is 24.2 Å². The first-order chi connectivity index (χ1) is 5.68. The maximum absolute atomic E-state index is 10.7. The second-order valence-corrected chi connectivity index (χ2v) is 2.95. The van der Waals surface area contributed by atoms with Gasteiger partial charge < -0.3 is 10.2 Å². The zero-order chi connectivity index (χ0) is 8.97. The number of carbonyl (C=O) groups is 1. The van der Waals surface area contributed by atoms with Crippen LogP contribution in [0.15, 0.2) is 22.8 Å². The van der Waals surface area contributed by atoms with Gasteiger partial charge in [0.1, 0.15) is 11.5 Å². The highest BCUT2D eigenvalue weighted by molar-refractivity contribution is 5.76. The maximum atomic E-state index is 10.7. The first-order valence-corrected chi connectivity index (χ1v) is 3.96. The van der Waals surface area contributed by atoms with Gasteiger partial charge in [-0.2, -0.15) is 0 Å². The molecule has 0 spiro atoms. The van der Waals surface area contributed by atoms with Gasteiger partial charge in [-0.25, -0.2) is 0 Å². The number of Topliss-reactive ketones (excluding diaryl/α,β-unsaturated/α-hetero) is 1. The molecule has 66 valence electrons. The van der Waals surface area contributed by atoms with Crippen LogP contribution in [0.1, 0.15) is 19.1 Å². The van der Waals surface area contributed by atoms with Crippen LogP contribution in [0.25, 0.3) is 0 Å². The van der Waals surface area contributed by atoms with E-state index in [-0.39, 0.29) is 11.8 Å². The number of nitrogens with two attached hydrogens (primary N) is 1. The van der Waals surface area contributed by atoms with E-state index in [0.29, 0.717) is 12.8 Å². The van der Waals surface area contributed by atoms with Crippen LogP contribution in [-0.2, 0) is 11.2 Å². The third kappa shape index (κ3) is 2.88. The van der Waals surface area contributed by atoms with Crippen molar-refractivity contribution < 1.29 is 9.21 Å². The molecule has 0 aromatic carbocycles. The summed E-state index contributed by atoms with van der Waals surface area (Å²) in [6.45, 7) is 1.54. The van der Waals surface area contributed by atoms with Crippen LogP contribution in [0.3, 0.4) is 0 Å². The molecule has 1 atom stereocenters.